The summed E-state index contributed by atoms with van der Waals surface area (Å²) in [5, 5.41) is 6.93. The van der Waals surface area contributed by atoms with E-state index in [1.165, 1.54) is 25.7 Å². The van der Waals surface area contributed by atoms with Crippen LogP contribution in [0.25, 0.3) is 0 Å². The van der Waals surface area contributed by atoms with Gasteiger partial charge in [0, 0.05) is 13.0 Å². The van der Waals surface area contributed by atoms with Crippen LogP contribution in [0.4, 0.5) is 11.5 Å². The normalized spacial score (nSPS) is 30.8. The van der Waals surface area contributed by atoms with Gasteiger partial charge in [0.2, 0.25) is 5.91 Å². The predicted molar refractivity (Wildman–Crippen MR) is 65.2 cm³/mol. The largest absolute Gasteiger partial charge is 0.394 e. The van der Waals surface area contributed by atoms with Gasteiger partial charge in [0.1, 0.15) is 0 Å². The van der Waals surface area contributed by atoms with Crippen LogP contribution in [0.1, 0.15) is 25.7 Å². The Kier molecular flexibility index (Phi) is 2.34. The molecule has 1 amide bonds. The lowest BCUT2D eigenvalue weighted by atomic mass is 10.0. The van der Waals surface area contributed by atoms with E-state index in [4.69, 9.17) is 5.73 Å². The van der Waals surface area contributed by atoms with Crippen molar-refractivity contribution in [3.05, 3.63) is 6.20 Å². The van der Waals surface area contributed by atoms with E-state index in [1.54, 1.807) is 17.9 Å². The quantitative estimate of drug-likeness (QED) is 0.811. The van der Waals surface area contributed by atoms with Gasteiger partial charge in [0.05, 0.1) is 11.9 Å². The molecule has 92 valence electrons. The summed E-state index contributed by atoms with van der Waals surface area (Å²) in [5.41, 5.74) is 6.29. The number of anilines is 2. The van der Waals surface area contributed by atoms with Gasteiger partial charge in [0.15, 0.2) is 5.82 Å². The number of nitrogens with zero attached hydrogens (tertiary/aromatic N) is 2. The summed E-state index contributed by atoms with van der Waals surface area (Å²) in [7, 11) is 1.78. The topological polar surface area (TPSA) is 72.9 Å². The molecule has 0 spiro atoms. The summed E-state index contributed by atoms with van der Waals surface area (Å²) < 4.78 is 1.61. The number of nitrogens with two attached hydrogens (primary N) is 1. The van der Waals surface area contributed by atoms with Crippen molar-refractivity contribution in [1.82, 2.24) is 9.78 Å². The van der Waals surface area contributed by atoms with Crippen LogP contribution in [0.2, 0.25) is 0 Å². The number of amides is 1. The van der Waals surface area contributed by atoms with E-state index in [0.717, 1.165) is 0 Å². The van der Waals surface area contributed by atoms with E-state index in [-0.39, 0.29) is 11.8 Å². The Morgan fingerprint density at radius 2 is 2.12 bits per heavy atom. The van der Waals surface area contributed by atoms with E-state index in [9.17, 15) is 4.79 Å². The number of aromatic nitrogens is 2. The van der Waals surface area contributed by atoms with Gasteiger partial charge >= 0.3 is 0 Å². The number of rotatable bonds is 2. The van der Waals surface area contributed by atoms with Crippen LogP contribution in [0.5, 0.6) is 0 Å². The van der Waals surface area contributed by atoms with Crippen molar-refractivity contribution in [3.63, 3.8) is 0 Å². The van der Waals surface area contributed by atoms with Gasteiger partial charge in [-0.1, -0.05) is 12.8 Å². The zero-order valence-electron chi connectivity index (χ0n) is 10.0. The highest BCUT2D eigenvalue weighted by Crippen LogP contribution is 2.55. The number of aryl methyl sites for hydroxylation is 1. The zero-order chi connectivity index (χ0) is 12.0. The monoisotopic (exact) mass is 234 g/mol. The van der Waals surface area contributed by atoms with E-state index < -0.39 is 0 Å². The van der Waals surface area contributed by atoms with Gasteiger partial charge in [-0.2, -0.15) is 5.10 Å². The molecule has 0 radical (unpaired) electrons. The van der Waals surface area contributed by atoms with Gasteiger partial charge in [-0.25, -0.2) is 0 Å². The summed E-state index contributed by atoms with van der Waals surface area (Å²) in [6, 6.07) is 0. The van der Waals surface area contributed by atoms with Crippen molar-refractivity contribution in [1.29, 1.82) is 0 Å². The standard InChI is InChI=1S/C12H18N4O/c1-16-11(9(13)6-14-16)15-12(17)10-7-4-2-3-5-8(7)10/h6-8,10H,2-5,13H2,1H3,(H,15,17). The molecule has 5 nitrogen and oxygen atoms in total. The van der Waals surface area contributed by atoms with E-state index in [1.807, 2.05) is 0 Å². The lowest BCUT2D eigenvalue weighted by molar-refractivity contribution is -0.117. The number of carbonyl (C=O) groups is 1. The minimum atomic E-state index is 0.122. The van der Waals surface area contributed by atoms with Crippen LogP contribution in [0.3, 0.4) is 0 Å². The molecule has 2 saturated carbocycles. The predicted octanol–water partition coefficient (Wildman–Crippen LogP) is 1.38. The molecule has 2 unspecified atom stereocenters. The van der Waals surface area contributed by atoms with Gasteiger partial charge in [-0.3, -0.25) is 9.48 Å². The molecule has 1 aromatic heterocycles. The average Bonchev–Trinajstić information content (AvgIpc) is 2.99. The smallest absolute Gasteiger partial charge is 0.229 e. The van der Waals surface area contributed by atoms with Crippen molar-refractivity contribution in [2.45, 2.75) is 25.7 Å². The Labute approximate surface area is 100 Å². The lowest BCUT2D eigenvalue weighted by Crippen LogP contribution is -2.18. The number of fused-ring (bicyclic) bond motifs is 1. The molecule has 1 heterocycles. The van der Waals surface area contributed by atoms with E-state index >= 15 is 0 Å². The molecular weight excluding hydrogens is 216 g/mol. The average molecular weight is 234 g/mol. The first-order valence-electron chi connectivity index (χ1n) is 6.27. The molecule has 3 N–H and O–H groups in total. The van der Waals surface area contributed by atoms with Crippen molar-refractivity contribution < 1.29 is 4.79 Å². The molecule has 1 aromatic rings. The van der Waals surface area contributed by atoms with E-state index in [2.05, 4.69) is 10.4 Å². The summed E-state index contributed by atoms with van der Waals surface area (Å²) in [4.78, 5) is 12.1. The summed E-state index contributed by atoms with van der Waals surface area (Å²) in [5.74, 6) is 2.21. The van der Waals surface area contributed by atoms with Crippen molar-refractivity contribution >= 4 is 17.4 Å². The van der Waals surface area contributed by atoms with Gasteiger partial charge < -0.3 is 11.1 Å². The Bertz CT molecular complexity index is 422. The maximum atomic E-state index is 12.1. The van der Waals surface area contributed by atoms with Crippen molar-refractivity contribution in [3.8, 4) is 0 Å². The summed E-state index contributed by atoms with van der Waals surface area (Å²) >= 11 is 0. The minimum Gasteiger partial charge on any atom is -0.394 e. The van der Waals surface area contributed by atoms with Crippen LogP contribution in [0.15, 0.2) is 6.20 Å². The molecular formula is C12H18N4O. The molecule has 3 rings (SSSR count). The van der Waals surface area contributed by atoms with Gasteiger partial charge in [-0.05, 0) is 24.7 Å². The Morgan fingerprint density at radius 1 is 1.47 bits per heavy atom. The van der Waals surface area contributed by atoms with E-state index in [0.29, 0.717) is 23.3 Å². The number of nitrogens with one attached hydrogen (secondary N) is 1. The van der Waals surface area contributed by atoms with Crippen molar-refractivity contribution in [2.24, 2.45) is 24.8 Å². The number of carbonyl (C=O) groups excluding carboxylic acids is 1. The second-order valence-electron chi connectivity index (χ2n) is 5.20. The lowest BCUT2D eigenvalue weighted by Gasteiger charge is -2.05. The maximum Gasteiger partial charge on any atom is 0.229 e. The highest BCUT2D eigenvalue weighted by atomic mass is 16.2. The molecule has 0 bridgehead atoms. The zero-order valence-corrected chi connectivity index (χ0v) is 10.0. The molecule has 0 saturated heterocycles. The third kappa shape index (κ3) is 1.69. The van der Waals surface area contributed by atoms with Crippen molar-refractivity contribution in [2.75, 3.05) is 11.1 Å². The van der Waals surface area contributed by atoms with Crippen LogP contribution >= 0.6 is 0 Å². The first kappa shape index (κ1) is 10.6. The fourth-order valence-corrected chi connectivity index (χ4v) is 3.19. The Hall–Kier alpha value is -1.52. The molecule has 5 heteroatoms. The van der Waals surface area contributed by atoms with Crippen LogP contribution in [-0.4, -0.2) is 15.7 Å². The molecule has 2 aliphatic carbocycles. The summed E-state index contributed by atoms with van der Waals surface area (Å²) in [6.45, 7) is 0. The first-order chi connectivity index (χ1) is 8.18. The van der Waals surface area contributed by atoms with Crippen LogP contribution in [0, 0.1) is 17.8 Å². The molecule has 17 heavy (non-hydrogen) atoms. The summed E-state index contributed by atoms with van der Waals surface area (Å²) in [6.07, 6.45) is 6.54. The van der Waals surface area contributed by atoms with Gasteiger partial charge in [0.25, 0.3) is 0 Å². The molecule has 2 aliphatic rings. The third-order valence-electron chi connectivity index (χ3n) is 4.17. The Morgan fingerprint density at radius 3 is 2.65 bits per heavy atom. The number of hydrogen-bond acceptors (Lipinski definition) is 3. The first-order valence-corrected chi connectivity index (χ1v) is 6.27. The molecule has 0 aliphatic heterocycles. The highest BCUT2D eigenvalue weighted by Gasteiger charge is 2.54. The Balaban J connectivity index is 1.69. The second kappa shape index (κ2) is 3.75. The molecule has 2 atom stereocenters. The fraction of sp³-hybridized carbons (Fsp3) is 0.667. The van der Waals surface area contributed by atoms with Gasteiger partial charge in [-0.15, -0.1) is 0 Å². The number of nitrogen functional groups attached to an aromatic ring is 1. The third-order valence-corrected chi connectivity index (χ3v) is 4.17. The fourth-order valence-electron chi connectivity index (χ4n) is 3.19. The highest BCUT2D eigenvalue weighted by molar-refractivity contribution is 5.96. The maximum absolute atomic E-state index is 12.1. The second-order valence-corrected chi connectivity index (χ2v) is 5.20. The molecule has 0 aromatic carbocycles. The van der Waals surface area contributed by atoms with Crippen LogP contribution < -0.4 is 11.1 Å². The minimum absolute atomic E-state index is 0.122. The SMILES string of the molecule is Cn1ncc(N)c1NC(=O)C1C2CCCCC21. The van der Waals surface area contributed by atoms with Crippen LogP contribution in [-0.2, 0) is 11.8 Å². The number of hydrogen-bond donors (Lipinski definition) is 2. The molecule has 2 fully saturated rings.